The summed E-state index contributed by atoms with van der Waals surface area (Å²) in [5.74, 6) is 0.942. The molecule has 19 heavy (non-hydrogen) atoms. The Kier molecular flexibility index (Phi) is 4.28. The molecule has 0 aliphatic rings. The number of aromatic nitrogens is 2. The summed E-state index contributed by atoms with van der Waals surface area (Å²) in [5, 5.41) is 13.4. The van der Waals surface area contributed by atoms with Gasteiger partial charge in [0.05, 0.1) is 6.61 Å². The van der Waals surface area contributed by atoms with Crippen molar-refractivity contribution in [1.29, 1.82) is 0 Å². The summed E-state index contributed by atoms with van der Waals surface area (Å²) in [4.78, 5) is 11.2. The van der Waals surface area contributed by atoms with E-state index in [2.05, 4.69) is 20.8 Å². The fourth-order valence-electron chi connectivity index (χ4n) is 1.41. The molecule has 6 nitrogen and oxygen atoms in total. The number of hydrogen-bond donors (Lipinski definition) is 2. The van der Waals surface area contributed by atoms with E-state index in [1.807, 2.05) is 30.3 Å². The third-order valence-corrected chi connectivity index (χ3v) is 2.22. The van der Waals surface area contributed by atoms with E-state index in [1.165, 1.54) is 0 Å². The number of para-hydroxylation sites is 1. The lowest BCUT2D eigenvalue weighted by Crippen LogP contribution is -2.14. The number of anilines is 3. The summed E-state index contributed by atoms with van der Waals surface area (Å²) >= 11 is 0. The molecule has 2 aromatic rings. The highest BCUT2D eigenvalue weighted by Crippen LogP contribution is 2.13. The third-order valence-electron chi connectivity index (χ3n) is 2.22. The second-order valence-corrected chi connectivity index (χ2v) is 3.64. The number of hydrogen-bond acceptors (Lipinski definition) is 5. The van der Waals surface area contributed by atoms with E-state index in [4.69, 9.17) is 4.74 Å². The molecular formula is C13H14N4O2. The maximum Gasteiger partial charge on any atom is 0.412 e. The van der Waals surface area contributed by atoms with E-state index in [0.29, 0.717) is 18.2 Å². The smallest absolute Gasteiger partial charge is 0.412 e. The molecule has 6 heteroatoms. The zero-order valence-electron chi connectivity index (χ0n) is 10.5. The van der Waals surface area contributed by atoms with Gasteiger partial charge in [-0.3, -0.25) is 5.32 Å². The molecular weight excluding hydrogens is 244 g/mol. The fraction of sp³-hybridized carbons (Fsp3) is 0.154. The van der Waals surface area contributed by atoms with Crippen molar-refractivity contribution in [3.05, 3.63) is 42.5 Å². The number of carbonyl (C=O) groups is 1. The van der Waals surface area contributed by atoms with Crippen molar-refractivity contribution in [2.45, 2.75) is 6.92 Å². The quantitative estimate of drug-likeness (QED) is 0.881. The lowest BCUT2D eigenvalue weighted by Gasteiger charge is -2.06. The average molecular weight is 258 g/mol. The van der Waals surface area contributed by atoms with E-state index in [9.17, 15) is 4.79 Å². The largest absolute Gasteiger partial charge is 0.450 e. The lowest BCUT2D eigenvalue weighted by molar-refractivity contribution is 0.168. The van der Waals surface area contributed by atoms with Crippen molar-refractivity contribution >= 4 is 23.4 Å². The van der Waals surface area contributed by atoms with E-state index >= 15 is 0 Å². The van der Waals surface area contributed by atoms with Crippen LogP contribution in [0.25, 0.3) is 0 Å². The number of ether oxygens (including phenoxy) is 1. The molecule has 2 rings (SSSR count). The Balaban J connectivity index is 1.97. The third kappa shape index (κ3) is 3.95. The van der Waals surface area contributed by atoms with Gasteiger partial charge < -0.3 is 10.1 Å². The van der Waals surface area contributed by atoms with Gasteiger partial charge in [-0.1, -0.05) is 18.2 Å². The molecule has 2 N–H and O–H groups in total. The lowest BCUT2D eigenvalue weighted by atomic mass is 10.3. The van der Waals surface area contributed by atoms with Gasteiger partial charge in [-0.15, -0.1) is 10.2 Å². The molecule has 0 atom stereocenters. The van der Waals surface area contributed by atoms with Crippen LogP contribution in [-0.4, -0.2) is 22.9 Å². The predicted molar refractivity (Wildman–Crippen MR) is 72.4 cm³/mol. The number of amides is 1. The number of rotatable bonds is 4. The van der Waals surface area contributed by atoms with Crippen molar-refractivity contribution in [2.24, 2.45) is 0 Å². The molecule has 0 spiro atoms. The summed E-state index contributed by atoms with van der Waals surface area (Å²) in [7, 11) is 0. The SMILES string of the molecule is CCOC(=O)Nc1ccc(Nc2ccccc2)nn1. The Morgan fingerprint density at radius 3 is 2.42 bits per heavy atom. The molecule has 0 fully saturated rings. The normalized spacial score (nSPS) is 9.74. The van der Waals surface area contributed by atoms with Crippen LogP contribution in [0, 0.1) is 0 Å². The van der Waals surface area contributed by atoms with Crippen molar-refractivity contribution in [2.75, 3.05) is 17.2 Å². The maximum atomic E-state index is 11.2. The molecule has 0 saturated heterocycles. The van der Waals surface area contributed by atoms with Crippen LogP contribution in [0.5, 0.6) is 0 Å². The molecule has 0 radical (unpaired) electrons. The van der Waals surface area contributed by atoms with Crippen LogP contribution in [0.2, 0.25) is 0 Å². The Bertz CT molecular complexity index is 528. The fourth-order valence-corrected chi connectivity index (χ4v) is 1.41. The summed E-state index contributed by atoms with van der Waals surface area (Å²) < 4.78 is 4.74. The second-order valence-electron chi connectivity index (χ2n) is 3.64. The van der Waals surface area contributed by atoms with Gasteiger partial charge in [-0.25, -0.2) is 4.79 Å². The molecule has 0 aliphatic heterocycles. The summed E-state index contributed by atoms with van der Waals surface area (Å²) in [6.07, 6.45) is -0.541. The van der Waals surface area contributed by atoms with Crippen LogP contribution in [0.15, 0.2) is 42.5 Å². The minimum absolute atomic E-state index is 0.312. The van der Waals surface area contributed by atoms with Crippen LogP contribution in [-0.2, 0) is 4.74 Å². The standard InChI is InChI=1S/C13H14N4O2/c1-2-19-13(18)15-12-9-8-11(16-17-12)14-10-6-4-3-5-7-10/h3-9H,2H2,1H3,(H,14,16)(H,15,17,18). The van der Waals surface area contributed by atoms with Gasteiger partial charge in [-0.2, -0.15) is 0 Å². The number of nitrogens with one attached hydrogen (secondary N) is 2. The highest BCUT2D eigenvalue weighted by molar-refractivity contribution is 5.83. The van der Waals surface area contributed by atoms with Crippen molar-refractivity contribution < 1.29 is 9.53 Å². The first-order valence-electron chi connectivity index (χ1n) is 5.87. The highest BCUT2D eigenvalue weighted by Gasteiger charge is 2.03. The van der Waals surface area contributed by atoms with E-state index in [-0.39, 0.29) is 0 Å². The monoisotopic (exact) mass is 258 g/mol. The Hall–Kier alpha value is -2.63. The van der Waals surface area contributed by atoms with Gasteiger partial charge in [-0.05, 0) is 31.2 Å². The van der Waals surface area contributed by atoms with Crippen LogP contribution in [0.4, 0.5) is 22.1 Å². The maximum absolute atomic E-state index is 11.2. The molecule has 1 aromatic heterocycles. The molecule has 1 heterocycles. The first kappa shape index (κ1) is 12.8. The van der Waals surface area contributed by atoms with E-state index in [0.717, 1.165) is 5.69 Å². The second kappa shape index (κ2) is 6.34. The molecule has 1 amide bonds. The zero-order chi connectivity index (χ0) is 13.5. The van der Waals surface area contributed by atoms with Crippen molar-refractivity contribution in [3.63, 3.8) is 0 Å². The van der Waals surface area contributed by atoms with Gasteiger partial charge in [0.1, 0.15) is 0 Å². The van der Waals surface area contributed by atoms with E-state index in [1.54, 1.807) is 19.1 Å². The number of benzene rings is 1. The zero-order valence-corrected chi connectivity index (χ0v) is 10.5. The van der Waals surface area contributed by atoms with E-state index < -0.39 is 6.09 Å². The molecule has 98 valence electrons. The van der Waals surface area contributed by atoms with Gasteiger partial charge in [0.25, 0.3) is 0 Å². The highest BCUT2D eigenvalue weighted by atomic mass is 16.5. The topological polar surface area (TPSA) is 76.1 Å². The molecule has 0 aliphatic carbocycles. The predicted octanol–water partition coefficient (Wildman–Crippen LogP) is 2.79. The summed E-state index contributed by atoms with van der Waals surface area (Å²) in [6.45, 7) is 2.05. The van der Waals surface area contributed by atoms with Crippen LogP contribution < -0.4 is 10.6 Å². The molecule has 0 unspecified atom stereocenters. The van der Waals surface area contributed by atoms with Crippen LogP contribution in [0.1, 0.15) is 6.92 Å². The molecule has 0 bridgehead atoms. The van der Waals surface area contributed by atoms with Crippen LogP contribution >= 0.6 is 0 Å². The van der Waals surface area contributed by atoms with Gasteiger partial charge >= 0.3 is 6.09 Å². The van der Waals surface area contributed by atoms with Crippen LogP contribution in [0.3, 0.4) is 0 Å². The van der Waals surface area contributed by atoms with Gasteiger partial charge in [0.2, 0.25) is 0 Å². The van der Waals surface area contributed by atoms with Gasteiger partial charge in [0, 0.05) is 5.69 Å². The number of carbonyl (C=O) groups excluding carboxylic acids is 1. The first-order valence-corrected chi connectivity index (χ1v) is 5.87. The minimum Gasteiger partial charge on any atom is -0.450 e. The molecule has 0 saturated carbocycles. The Morgan fingerprint density at radius 1 is 1.11 bits per heavy atom. The Labute approximate surface area is 110 Å². The Morgan fingerprint density at radius 2 is 1.79 bits per heavy atom. The van der Waals surface area contributed by atoms with Crippen molar-refractivity contribution in [3.8, 4) is 0 Å². The average Bonchev–Trinajstić information content (AvgIpc) is 2.42. The molecule has 1 aromatic carbocycles. The van der Waals surface area contributed by atoms with Gasteiger partial charge in [0.15, 0.2) is 11.6 Å². The summed E-state index contributed by atoms with van der Waals surface area (Å²) in [6, 6.07) is 13.0. The van der Waals surface area contributed by atoms with Crippen molar-refractivity contribution in [1.82, 2.24) is 10.2 Å². The first-order chi connectivity index (χ1) is 9.28. The minimum atomic E-state index is -0.541. The number of nitrogens with zero attached hydrogens (tertiary/aromatic N) is 2. The summed E-state index contributed by atoms with van der Waals surface area (Å²) in [5.41, 5.74) is 0.919.